The third-order valence-electron chi connectivity index (χ3n) is 7.48. The molecule has 1 spiro atoms. The van der Waals surface area contributed by atoms with E-state index in [4.69, 9.17) is 9.47 Å². The monoisotopic (exact) mass is 379 g/mol. The van der Waals surface area contributed by atoms with Crippen molar-refractivity contribution in [3.05, 3.63) is 65.5 Å². The second kappa shape index (κ2) is 5.50. The van der Waals surface area contributed by atoms with Gasteiger partial charge in [0.15, 0.2) is 5.76 Å². The van der Waals surface area contributed by atoms with E-state index in [0.717, 1.165) is 25.0 Å². The number of rotatable bonds is 2. The Hall–Kier alpha value is -2.08. The van der Waals surface area contributed by atoms with Gasteiger partial charge in [0.25, 0.3) is 5.79 Å². The highest BCUT2D eigenvalue weighted by atomic mass is 16.7. The average Bonchev–Trinajstić information content (AvgIpc) is 3.05. The SMILES string of the molecule is CN1CC[C@]23C4=C5O[C@H]2[C@@H](O)C=C[C@H]3[C@H]1CC4=CCC5(O)Oc1ccccc1. The van der Waals surface area contributed by atoms with E-state index in [2.05, 4.69) is 24.1 Å². The first kappa shape index (κ1) is 16.8. The molecule has 146 valence electrons. The molecule has 1 aromatic rings. The highest BCUT2D eigenvalue weighted by molar-refractivity contribution is 5.54. The number of aliphatic hydroxyl groups is 2. The molecule has 0 amide bonds. The molecule has 1 saturated carbocycles. The van der Waals surface area contributed by atoms with Crippen molar-refractivity contribution in [2.45, 2.75) is 43.3 Å². The van der Waals surface area contributed by atoms with E-state index in [9.17, 15) is 10.2 Å². The molecule has 5 nitrogen and oxygen atoms in total. The number of hydrogen-bond donors (Lipinski definition) is 2. The second-order valence-corrected chi connectivity index (χ2v) is 8.82. The van der Waals surface area contributed by atoms with Gasteiger partial charge in [-0.1, -0.05) is 36.4 Å². The van der Waals surface area contributed by atoms with Crippen molar-refractivity contribution in [2.75, 3.05) is 13.6 Å². The van der Waals surface area contributed by atoms with Gasteiger partial charge >= 0.3 is 0 Å². The van der Waals surface area contributed by atoms with Crippen LogP contribution in [0.25, 0.3) is 0 Å². The van der Waals surface area contributed by atoms with Crippen LogP contribution in [0.15, 0.2) is 65.5 Å². The van der Waals surface area contributed by atoms with Crippen molar-refractivity contribution in [3.8, 4) is 5.75 Å². The lowest BCUT2D eigenvalue weighted by atomic mass is 9.51. The number of ether oxygens (including phenoxy) is 2. The molecular formula is C23H25NO4. The third-order valence-corrected chi connectivity index (χ3v) is 7.48. The summed E-state index contributed by atoms with van der Waals surface area (Å²) in [6.07, 6.45) is 7.36. The first-order valence-electron chi connectivity index (χ1n) is 10.2. The summed E-state index contributed by atoms with van der Waals surface area (Å²) < 4.78 is 12.5. The van der Waals surface area contributed by atoms with Crippen molar-refractivity contribution < 1.29 is 19.7 Å². The molecule has 2 heterocycles. The summed E-state index contributed by atoms with van der Waals surface area (Å²) in [4.78, 5) is 2.44. The lowest BCUT2D eigenvalue weighted by Crippen LogP contribution is -2.62. The van der Waals surface area contributed by atoms with Crippen molar-refractivity contribution >= 4 is 0 Å². The first-order chi connectivity index (χ1) is 13.5. The minimum Gasteiger partial charge on any atom is -0.483 e. The van der Waals surface area contributed by atoms with E-state index < -0.39 is 11.9 Å². The Morgan fingerprint density at radius 2 is 2.04 bits per heavy atom. The lowest BCUT2D eigenvalue weighted by Gasteiger charge is -2.58. The van der Waals surface area contributed by atoms with E-state index in [-0.39, 0.29) is 17.4 Å². The fourth-order valence-corrected chi connectivity index (χ4v) is 6.24. The molecule has 3 aliphatic carbocycles. The summed E-state index contributed by atoms with van der Waals surface area (Å²) in [7, 11) is 2.19. The Morgan fingerprint density at radius 1 is 1.21 bits per heavy atom. The highest BCUT2D eigenvalue weighted by Crippen LogP contribution is 2.65. The summed E-state index contributed by atoms with van der Waals surface area (Å²) in [5.41, 5.74) is 2.08. The van der Waals surface area contributed by atoms with Gasteiger partial charge in [-0.2, -0.15) is 0 Å². The van der Waals surface area contributed by atoms with Gasteiger partial charge in [0.05, 0.1) is 0 Å². The van der Waals surface area contributed by atoms with Gasteiger partial charge in [0, 0.05) is 29.4 Å². The topological polar surface area (TPSA) is 62.2 Å². The molecule has 0 aromatic heterocycles. The molecule has 1 unspecified atom stereocenters. The summed E-state index contributed by atoms with van der Waals surface area (Å²) in [5.74, 6) is -0.122. The smallest absolute Gasteiger partial charge is 0.270 e. The van der Waals surface area contributed by atoms with Crippen LogP contribution in [0.2, 0.25) is 0 Å². The lowest BCUT2D eigenvalue weighted by molar-refractivity contribution is -0.155. The standard InChI is InChI=1S/C23H25NO4/c1-24-12-11-22-16-7-8-18(25)20(22)27-21-19(22)14(13-17(16)24)9-10-23(21,26)28-15-5-3-2-4-6-15/h2-9,16-18,20,25-26H,10-13H2,1H3/t16-,17+,18-,20-,22-,23?/m0/s1. The average molecular weight is 379 g/mol. The minimum atomic E-state index is -1.53. The van der Waals surface area contributed by atoms with Crippen LogP contribution in [0.1, 0.15) is 19.3 Å². The van der Waals surface area contributed by atoms with E-state index in [0.29, 0.717) is 24.0 Å². The number of hydrogen-bond acceptors (Lipinski definition) is 5. The fraction of sp³-hybridized carbons (Fsp3) is 0.478. The summed E-state index contributed by atoms with van der Waals surface area (Å²) in [6.45, 7) is 0.962. The van der Waals surface area contributed by atoms with Crippen LogP contribution in [0.3, 0.4) is 0 Å². The molecule has 5 aliphatic rings. The Labute approximate surface area is 164 Å². The number of nitrogens with zero attached hydrogens (tertiary/aromatic N) is 1. The van der Waals surface area contributed by atoms with Crippen molar-refractivity contribution in [1.82, 2.24) is 4.90 Å². The van der Waals surface area contributed by atoms with Gasteiger partial charge in [0.2, 0.25) is 0 Å². The Balaban J connectivity index is 1.51. The van der Waals surface area contributed by atoms with Gasteiger partial charge in [-0.05, 0) is 44.1 Å². The van der Waals surface area contributed by atoms with Crippen LogP contribution >= 0.6 is 0 Å². The van der Waals surface area contributed by atoms with Crippen molar-refractivity contribution in [1.29, 1.82) is 0 Å². The molecule has 6 rings (SSSR count). The molecule has 1 saturated heterocycles. The quantitative estimate of drug-likeness (QED) is 0.610. The molecule has 28 heavy (non-hydrogen) atoms. The number of aliphatic hydroxyl groups excluding tert-OH is 1. The molecule has 2 bridgehead atoms. The number of benzene rings is 1. The van der Waals surface area contributed by atoms with E-state index in [1.807, 2.05) is 36.4 Å². The zero-order valence-corrected chi connectivity index (χ0v) is 15.9. The van der Waals surface area contributed by atoms with Crippen molar-refractivity contribution in [3.63, 3.8) is 0 Å². The predicted octanol–water partition coefficient (Wildman–Crippen LogP) is 2.38. The molecule has 0 radical (unpaired) electrons. The maximum atomic E-state index is 11.5. The molecular weight excluding hydrogens is 354 g/mol. The summed E-state index contributed by atoms with van der Waals surface area (Å²) >= 11 is 0. The predicted molar refractivity (Wildman–Crippen MR) is 103 cm³/mol. The first-order valence-corrected chi connectivity index (χ1v) is 10.2. The molecule has 5 heteroatoms. The van der Waals surface area contributed by atoms with E-state index >= 15 is 0 Å². The van der Waals surface area contributed by atoms with Crippen LogP contribution in [0, 0.1) is 11.3 Å². The summed E-state index contributed by atoms with van der Waals surface area (Å²) in [5, 5.41) is 22.3. The molecule has 2 aliphatic heterocycles. The van der Waals surface area contributed by atoms with E-state index in [1.165, 1.54) is 5.57 Å². The number of piperidine rings is 1. The molecule has 1 aromatic carbocycles. The van der Waals surface area contributed by atoms with Gasteiger partial charge < -0.3 is 24.6 Å². The number of likely N-dealkylation sites (tertiary alicyclic amines) is 1. The van der Waals surface area contributed by atoms with Crippen molar-refractivity contribution in [2.24, 2.45) is 11.3 Å². The van der Waals surface area contributed by atoms with Crippen LogP contribution in [-0.2, 0) is 4.74 Å². The Morgan fingerprint density at radius 3 is 2.86 bits per heavy atom. The van der Waals surface area contributed by atoms with Gasteiger partial charge in [0.1, 0.15) is 18.0 Å². The van der Waals surface area contributed by atoms with Crippen LogP contribution in [0.5, 0.6) is 5.75 Å². The van der Waals surface area contributed by atoms with E-state index in [1.54, 1.807) is 0 Å². The highest BCUT2D eigenvalue weighted by Gasteiger charge is 2.67. The third kappa shape index (κ3) is 1.97. The van der Waals surface area contributed by atoms with Crippen LogP contribution < -0.4 is 4.74 Å². The Bertz CT molecular complexity index is 922. The van der Waals surface area contributed by atoms with Gasteiger partial charge in [-0.3, -0.25) is 0 Å². The zero-order chi connectivity index (χ0) is 19.1. The Kier molecular flexibility index (Phi) is 3.31. The van der Waals surface area contributed by atoms with Crippen LogP contribution in [-0.4, -0.2) is 52.7 Å². The van der Waals surface area contributed by atoms with Crippen LogP contribution in [0.4, 0.5) is 0 Å². The largest absolute Gasteiger partial charge is 0.483 e. The number of para-hydroxylation sites is 1. The minimum absolute atomic E-state index is 0.279. The fourth-order valence-electron chi connectivity index (χ4n) is 6.24. The molecule has 6 atom stereocenters. The normalized spacial score (nSPS) is 43.3. The molecule has 2 fully saturated rings. The van der Waals surface area contributed by atoms with Gasteiger partial charge in [-0.25, -0.2) is 0 Å². The maximum absolute atomic E-state index is 11.5. The zero-order valence-electron chi connectivity index (χ0n) is 15.9. The molecule has 2 N–H and O–H groups in total. The maximum Gasteiger partial charge on any atom is 0.270 e. The second-order valence-electron chi connectivity index (χ2n) is 8.82. The van der Waals surface area contributed by atoms with Gasteiger partial charge in [-0.15, -0.1) is 0 Å². The summed E-state index contributed by atoms with van der Waals surface area (Å²) in [6, 6.07) is 9.78.